The van der Waals surface area contributed by atoms with Crippen LogP contribution >= 0.6 is 0 Å². The minimum atomic E-state index is -0.398. The van der Waals surface area contributed by atoms with E-state index in [0.29, 0.717) is 18.4 Å². The van der Waals surface area contributed by atoms with Gasteiger partial charge in [0.15, 0.2) is 0 Å². The summed E-state index contributed by atoms with van der Waals surface area (Å²) in [4.78, 5) is 26.0. The molecule has 4 saturated carbocycles. The molecule has 1 aliphatic heterocycles. The maximum absolute atomic E-state index is 12.7. The second kappa shape index (κ2) is 5.99. The number of amides is 2. The van der Waals surface area contributed by atoms with Crippen molar-refractivity contribution < 1.29 is 14.3 Å². The van der Waals surface area contributed by atoms with Crippen LogP contribution in [0, 0.1) is 29.6 Å². The monoisotopic (exact) mass is 320 g/mol. The summed E-state index contributed by atoms with van der Waals surface area (Å²) in [7, 11) is 1.37. The van der Waals surface area contributed by atoms with Crippen molar-refractivity contribution in [2.45, 2.75) is 51.0 Å². The molecule has 0 aromatic rings. The molecule has 128 valence electrons. The molecule has 5 aliphatic rings. The SMILES string of the molecule is COC(=O)N[C@@H]1CCN(C(=O)CC2C3CC4CC(C3)CC2C4)C1. The van der Waals surface area contributed by atoms with E-state index in [-0.39, 0.29) is 6.04 Å². The molecule has 0 unspecified atom stereocenters. The van der Waals surface area contributed by atoms with Crippen LogP contribution in [-0.4, -0.2) is 43.1 Å². The molecule has 0 aromatic heterocycles. The summed E-state index contributed by atoms with van der Waals surface area (Å²) < 4.78 is 4.64. The van der Waals surface area contributed by atoms with Gasteiger partial charge in [0.2, 0.25) is 5.91 Å². The van der Waals surface area contributed by atoms with E-state index < -0.39 is 6.09 Å². The summed E-state index contributed by atoms with van der Waals surface area (Å²) in [6.45, 7) is 1.40. The Morgan fingerprint density at radius 1 is 1.09 bits per heavy atom. The highest BCUT2D eigenvalue weighted by Crippen LogP contribution is 2.57. The smallest absolute Gasteiger partial charge is 0.407 e. The van der Waals surface area contributed by atoms with Crippen molar-refractivity contribution in [2.24, 2.45) is 29.6 Å². The van der Waals surface area contributed by atoms with Gasteiger partial charge in [-0.15, -0.1) is 0 Å². The Labute approximate surface area is 138 Å². The quantitative estimate of drug-likeness (QED) is 0.869. The van der Waals surface area contributed by atoms with Crippen LogP contribution in [0.2, 0.25) is 0 Å². The molecule has 0 spiro atoms. The van der Waals surface area contributed by atoms with Crippen LogP contribution in [0.15, 0.2) is 0 Å². The molecule has 1 saturated heterocycles. The van der Waals surface area contributed by atoms with Gasteiger partial charge in [0.25, 0.3) is 0 Å². The zero-order valence-electron chi connectivity index (χ0n) is 14.0. The van der Waals surface area contributed by atoms with Gasteiger partial charge in [-0.05, 0) is 68.1 Å². The molecule has 4 aliphatic carbocycles. The van der Waals surface area contributed by atoms with Crippen molar-refractivity contribution >= 4 is 12.0 Å². The normalized spacial score (nSPS) is 41.2. The molecular weight excluding hydrogens is 292 g/mol. The molecule has 1 N–H and O–H groups in total. The third kappa shape index (κ3) is 2.94. The minimum Gasteiger partial charge on any atom is -0.453 e. The summed E-state index contributed by atoms with van der Waals surface area (Å²) in [6, 6.07) is 0.0462. The lowest BCUT2D eigenvalue weighted by atomic mass is 9.51. The highest BCUT2D eigenvalue weighted by Gasteiger charge is 2.48. The maximum atomic E-state index is 12.7. The van der Waals surface area contributed by atoms with Crippen molar-refractivity contribution in [3.63, 3.8) is 0 Å². The summed E-state index contributed by atoms with van der Waals surface area (Å²) in [5.41, 5.74) is 0. The minimum absolute atomic E-state index is 0.0462. The molecule has 5 nitrogen and oxygen atoms in total. The molecular formula is C18H28N2O3. The van der Waals surface area contributed by atoms with E-state index in [1.165, 1.54) is 39.2 Å². The first kappa shape index (κ1) is 15.3. The predicted octanol–water partition coefficient (Wildman–Crippen LogP) is 2.41. The Morgan fingerprint density at radius 2 is 1.74 bits per heavy atom. The fourth-order valence-electron chi connectivity index (χ4n) is 6.03. The van der Waals surface area contributed by atoms with Crippen molar-refractivity contribution in [3.05, 3.63) is 0 Å². The van der Waals surface area contributed by atoms with Gasteiger partial charge < -0.3 is 15.0 Å². The molecule has 5 heteroatoms. The average molecular weight is 320 g/mol. The second-order valence-electron chi connectivity index (χ2n) is 8.26. The molecule has 5 rings (SSSR count). The number of carbonyl (C=O) groups is 2. The maximum Gasteiger partial charge on any atom is 0.407 e. The average Bonchev–Trinajstić information content (AvgIpc) is 2.98. The number of rotatable bonds is 3. The Bertz CT molecular complexity index is 465. The first-order chi connectivity index (χ1) is 11.1. The summed E-state index contributed by atoms with van der Waals surface area (Å²) in [5.74, 6) is 4.47. The number of likely N-dealkylation sites (tertiary alicyclic amines) is 1. The lowest BCUT2D eigenvalue weighted by Crippen LogP contribution is -2.47. The zero-order chi connectivity index (χ0) is 16.0. The van der Waals surface area contributed by atoms with Gasteiger partial charge in [-0.1, -0.05) is 0 Å². The fourth-order valence-corrected chi connectivity index (χ4v) is 6.03. The lowest BCUT2D eigenvalue weighted by molar-refractivity contribution is -0.135. The van der Waals surface area contributed by atoms with Crippen LogP contribution in [0.1, 0.15) is 44.9 Å². The van der Waals surface area contributed by atoms with Crippen molar-refractivity contribution in [3.8, 4) is 0 Å². The van der Waals surface area contributed by atoms with E-state index in [1.54, 1.807) is 0 Å². The molecule has 0 radical (unpaired) electrons. The van der Waals surface area contributed by atoms with Crippen LogP contribution in [0.25, 0.3) is 0 Å². The third-order valence-electron chi connectivity index (χ3n) is 6.88. The number of alkyl carbamates (subject to hydrolysis) is 1. The number of hydrogen-bond donors (Lipinski definition) is 1. The Morgan fingerprint density at radius 3 is 2.35 bits per heavy atom. The van der Waals surface area contributed by atoms with Crippen molar-refractivity contribution in [2.75, 3.05) is 20.2 Å². The highest BCUT2D eigenvalue weighted by atomic mass is 16.5. The number of methoxy groups -OCH3 is 1. The third-order valence-corrected chi connectivity index (χ3v) is 6.88. The van der Waals surface area contributed by atoms with E-state index in [1.807, 2.05) is 4.90 Å². The van der Waals surface area contributed by atoms with Crippen LogP contribution in [0.5, 0.6) is 0 Å². The van der Waals surface area contributed by atoms with E-state index in [2.05, 4.69) is 10.1 Å². The van der Waals surface area contributed by atoms with Crippen LogP contribution in [0.4, 0.5) is 4.79 Å². The second-order valence-corrected chi connectivity index (χ2v) is 8.26. The van der Waals surface area contributed by atoms with E-state index in [4.69, 9.17) is 0 Å². The first-order valence-electron chi connectivity index (χ1n) is 9.24. The Kier molecular flexibility index (Phi) is 3.98. The van der Waals surface area contributed by atoms with Gasteiger partial charge in [-0.3, -0.25) is 4.79 Å². The Balaban J connectivity index is 1.31. The molecule has 5 fully saturated rings. The summed E-state index contributed by atoms with van der Waals surface area (Å²) >= 11 is 0. The number of nitrogens with one attached hydrogen (secondary N) is 1. The van der Waals surface area contributed by atoms with Gasteiger partial charge in [0.1, 0.15) is 0 Å². The van der Waals surface area contributed by atoms with E-state index in [9.17, 15) is 9.59 Å². The van der Waals surface area contributed by atoms with Crippen LogP contribution in [0.3, 0.4) is 0 Å². The van der Waals surface area contributed by atoms with Gasteiger partial charge in [0.05, 0.1) is 13.2 Å². The predicted molar refractivity (Wildman–Crippen MR) is 85.7 cm³/mol. The lowest BCUT2D eigenvalue weighted by Gasteiger charge is -2.54. The van der Waals surface area contributed by atoms with Gasteiger partial charge in [0, 0.05) is 19.5 Å². The van der Waals surface area contributed by atoms with Gasteiger partial charge in [-0.25, -0.2) is 4.79 Å². The van der Waals surface area contributed by atoms with Crippen LogP contribution < -0.4 is 5.32 Å². The van der Waals surface area contributed by atoms with Gasteiger partial charge in [-0.2, -0.15) is 0 Å². The first-order valence-corrected chi connectivity index (χ1v) is 9.24. The topological polar surface area (TPSA) is 58.6 Å². The van der Waals surface area contributed by atoms with Gasteiger partial charge >= 0.3 is 6.09 Å². The Hall–Kier alpha value is -1.26. The summed E-state index contributed by atoms with van der Waals surface area (Å²) in [5, 5.41) is 2.81. The highest BCUT2D eigenvalue weighted by molar-refractivity contribution is 5.77. The van der Waals surface area contributed by atoms with Crippen molar-refractivity contribution in [1.82, 2.24) is 10.2 Å². The summed E-state index contributed by atoms with van der Waals surface area (Å²) in [6.07, 6.45) is 8.12. The molecule has 1 atom stereocenters. The van der Waals surface area contributed by atoms with E-state index >= 15 is 0 Å². The number of carbonyl (C=O) groups excluding carboxylic acids is 2. The largest absolute Gasteiger partial charge is 0.453 e. The van der Waals surface area contributed by atoms with Crippen molar-refractivity contribution in [1.29, 1.82) is 0 Å². The number of ether oxygens (including phenoxy) is 1. The van der Waals surface area contributed by atoms with Crippen LogP contribution in [-0.2, 0) is 9.53 Å². The molecule has 0 aromatic carbocycles. The molecule has 23 heavy (non-hydrogen) atoms. The number of hydrogen-bond acceptors (Lipinski definition) is 3. The molecule has 2 amide bonds. The zero-order valence-corrected chi connectivity index (χ0v) is 14.0. The van der Waals surface area contributed by atoms with E-state index in [0.717, 1.165) is 43.1 Å². The standard InChI is InChI=1S/C18H28N2O3/c1-23-18(22)19-15-2-3-20(10-15)17(21)9-16-13-5-11-4-12(7-13)8-14(16)6-11/h11-16H,2-10H2,1H3,(H,19,22)/t11?,12?,13?,14?,15-,16?/m1/s1. The number of nitrogens with zero attached hydrogens (tertiary/aromatic N) is 1. The molecule has 1 heterocycles. The fraction of sp³-hybridized carbons (Fsp3) is 0.889. The molecule has 4 bridgehead atoms.